The second kappa shape index (κ2) is 5.95. The zero-order valence-corrected chi connectivity index (χ0v) is 13.0. The minimum atomic E-state index is -1.10. The highest BCUT2D eigenvalue weighted by Crippen LogP contribution is 2.34. The van der Waals surface area contributed by atoms with Gasteiger partial charge in [-0.25, -0.2) is 4.79 Å². The lowest BCUT2D eigenvalue weighted by Crippen LogP contribution is -2.56. The van der Waals surface area contributed by atoms with E-state index in [1.807, 2.05) is 0 Å². The van der Waals surface area contributed by atoms with Gasteiger partial charge in [0.2, 0.25) is 0 Å². The molecule has 23 heavy (non-hydrogen) atoms. The third kappa shape index (κ3) is 2.65. The highest BCUT2D eigenvalue weighted by Gasteiger charge is 2.45. The van der Waals surface area contributed by atoms with Crippen LogP contribution >= 0.6 is 0 Å². The van der Waals surface area contributed by atoms with Gasteiger partial charge >= 0.3 is 5.97 Å². The smallest absolute Gasteiger partial charge is 0.329 e. The molecule has 1 aromatic carbocycles. The molecule has 0 unspecified atom stereocenters. The van der Waals surface area contributed by atoms with E-state index < -0.39 is 11.5 Å². The van der Waals surface area contributed by atoms with E-state index in [0.29, 0.717) is 29.4 Å². The minimum absolute atomic E-state index is 0.290. The molecular formula is C17H19N3O3. The number of nitrogens with zero attached hydrogens (tertiary/aromatic N) is 3. The van der Waals surface area contributed by atoms with Crippen molar-refractivity contribution in [1.82, 2.24) is 14.9 Å². The fourth-order valence-corrected chi connectivity index (χ4v) is 3.31. The monoisotopic (exact) mass is 313 g/mol. The Kier molecular flexibility index (Phi) is 3.98. The zero-order chi connectivity index (χ0) is 16.4. The summed E-state index contributed by atoms with van der Waals surface area (Å²) in [4.78, 5) is 34.4. The maximum atomic E-state index is 12.8. The summed E-state index contributed by atoms with van der Waals surface area (Å²) in [6, 6.07) is 5.07. The van der Waals surface area contributed by atoms with Crippen LogP contribution < -0.4 is 0 Å². The zero-order valence-electron chi connectivity index (χ0n) is 13.0. The molecule has 1 heterocycles. The summed E-state index contributed by atoms with van der Waals surface area (Å²) < 4.78 is 0. The Morgan fingerprint density at radius 2 is 1.74 bits per heavy atom. The molecule has 0 saturated heterocycles. The standard InChI is InChI=1S/C17H19N3O3/c1-20(17(16(22)23)7-3-2-4-8-17)15(21)12-5-6-13-14(11-12)19-10-9-18-13/h5-6,9-11H,2-4,7-8H2,1H3,(H,22,23). The lowest BCUT2D eigenvalue weighted by Gasteiger charge is -2.41. The first-order valence-corrected chi connectivity index (χ1v) is 7.77. The van der Waals surface area contributed by atoms with Gasteiger partial charge in [0, 0.05) is 25.0 Å². The molecule has 0 spiro atoms. The second-order valence-corrected chi connectivity index (χ2v) is 6.02. The predicted octanol–water partition coefficient (Wildman–Crippen LogP) is 2.49. The number of hydrogen-bond acceptors (Lipinski definition) is 4. The van der Waals surface area contributed by atoms with E-state index in [1.165, 1.54) is 4.90 Å². The number of carbonyl (C=O) groups excluding carboxylic acids is 1. The lowest BCUT2D eigenvalue weighted by molar-refractivity contribution is -0.151. The number of aliphatic carboxylic acids is 1. The molecule has 0 bridgehead atoms. The third-order valence-corrected chi connectivity index (χ3v) is 4.74. The van der Waals surface area contributed by atoms with Crippen molar-refractivity contribution in [2.24, 2.45) is 0 Å². The van der Waals surface area contributed by atoms with Crippen LogP contribution in [-0.4, -0.2) is 44.4 Å². The Morgan fingerprint density at radius 1 is 1.09 bits per heavy atom. The van der Waals surface area contributed by atoms with Crippen LogP contribution in [0.4, 0.5) is 0 Å². The molecule has 3 rings (SSSR count). The fraction of sp³-hybridized carbons (Fsp3) is 0.412. The topological polar surface area (TPSA) is 83.4 Å². The van der Waals surface area contributed by atoms with Gasteiger partial charge in [0.05, 0.1) is 11.0 Å². The number of likely N-dealkylation sites (N-methyl/N-ethyl adjacent to an activating group) is 1. The molecule has 1 fully saturated rings. The molecule has 6 heteroatoms. The fourth-order valence-electron chi connectivity index (χ4n) is 3.31. The van der Waals surface area contributed by atoms with E-state index in [9.17, 15) is 14.7 Å². The van der Waals surface area contributed by atoms with Crippen molar-refractivity contribution >= 4 is 22.9 Å². The van der Waals surface area contributed by atoms with Crippen molar-refractivity contribution < 1.29 is 14.7 Å². The Balaban J connectivity index is 1.94. The molecule has 120 valence electrons. The number of hydrogen-bond donors (Lipinski definition) is 1. The quantitative estimate of drug-likeness (QED) is 0.941. The van der Waals surface area contributed by atoms with Crippen molar-refractivity contribution in [2.45, 2.75) is 37.6 Å². The van der Waals surface area contributed by atoms with Gasteiger partial charge in [-0.2, -0.15) is 0 Å². The summed E-state index contributed by atoms with van der Waals surface area (Å²) in [7, 11) is 1.59. The van der Waals surface area contributed by atoms with Gasteiger partial charge in [0.1, 0.15) is 5.54 Å². The second-order valence-electron chi connectivity index (χ2n) is 6.02. The summed E-state index contributed by atoms with van der Waals surface area (Å²) in [5.74, 6) is -1.21. The van der Waals surface area contributed by atoms with E-state index in [1.54, 1.807) is 37.6 Å². The normalized spacial score (nSPS) is 16.9. The van der Waals surface area contributed by atoms with E-state index in [4.69, 9.17) is 0 Å². The van der Waals surface area contributed by atoms with Crippen LogP contribution in [0.5, 0.6) is 0 Å². The van der Waals surface area contributed by atoms with Crippen molar-refractivity contribution in [3.63, 3.8) is 0 Å². The van der Waals surface area contributed by atoms with Gasteiger partial charge in [-0.3, -0.25) is 14.8 Å². The molecule has 1 aliphatic rings. The number of carboxylic acids is 1. The van der Waals surface area contributed by atoms with Crippen molar-refractivity contribution in [3.05, 3.63) is 36.2 Å². The molecule has 2 aromatic rings. The molecule has 1 N–H and O–H groups in total. The number of carbonyl (C=O) groups is 2. The average Bonchev–Trinajstić information content (AvgIpc) is 2.60. The summed E-state index contributed by atoms with van der Waals surface area (Å²) in [5.41, 5.74) is 0.663. The van der Waals surface area contributed by atoms with Gasteiger partial charge in [0.25, 0.3) is 5.91 Å². The summed E-state index contributed by atoms with van der Waals surface area (Å²) in [6.45, 7) is 0. The van der Waals surface area contributed by atoms with Crippen LogP contribution in [0.1, 0.15) is 42.5 Å². The number of amides is 1. The van der Waals surface area contributed by atoms with Crippen LogP contribution in [0.2, 0.25) is 0 Å². The van der Waals surface area contributed by atoms with Gasteiger partial charge in [-0.05, 0) is 31.0 Å². The maximum Gasteiger partial charge on any atom is 0.329 e. The molecule has 1 saturated carbocycles. The van der Waals surface area contributed by atoms with Crippen molar-refractivity contribution in [3.8, 4) is 0 Å². The lowest BCUT2D eigenvalue weighted by atomic mass is 9.80. The van der Waals surface area contributed by atoms with Crippen LogP contribution in [0.15, 0.2) is 30.6 Å². The first-order valence-electron chi connectivity index (χ1n) is 7.77. The van der Waals surface area contributed by atoms with Crippen LogP contribution in [-0.2, 0) is 4.79 Å². The first-order chi connectivity index (χ1) is 11.0. The minimum Gasteiger partial charge on any atom is -0.479 e. The van der Waals surface area contributed by atoms with E-state index in [0.717, 1.165) is 19.3 Å². The molecule has 0 radical (unpaired) electrons. The number of rotatable bonds is 3. The molecule has 1 amide bonds. The Hall–Kier alpha value is -2.50. The summed E-state index contributed by atoms with van der Waals surface area (Å²) in [5, 5.41) is 9.71. The van der Waals surface area contributed by atoms with E-state index in [-0.39, 0.29) is 5.91 Å². The first kappa shape index (κ1) is 15.4. The number of carboxylic acid groups (broad SMARTS) is 1. The number of fused-ring (bicyclic) bond motifs is 1. The van der Waals surface area contributed by atoms with Gasteiger partial charge in [0.15, 0.2) is 0 Å². The van der Waals surface area contributed by atoms with Crippen LogP contribution in [0.3, 0.4) is 0 Å². The van der Waals surface area contributed by atoms with Crippen molar-refractivity contribution in [2.75, 3.05) is 7.05 Å². The summed E-state index contributed by atoms with van der Waals surface area (Å²) in [6.07, 6.45) is 6.83. The van der Waals surface area contributed by atoms with Crippen LogP contribution in [0, 0.1) is 0 Å². The molecule has 0 aliphatic heterocycles. The molecule has 1 aliphatic carbocycles. The summed E-state index contributed by atoms with van der Waals surface area (Å²) >= 11 is 0. The predicted molar refractivity (Wildman–Crippen MR) is 85.1 cm³/mol. The van der Waals surface area contributed by atoms with Crippen molar-refractivity contribution in [1.29, 1.82) is 0 Å². The van der Waals surface area contributed by atoms with E-state index in [2.05, 4.69) is 9.97 Å². The Labute approximate surface area is 134 Å². The number of benzene rings is 1. The highest BCUT2D eigenvalue weighted by molar-refractivity contribution is 5.99. The van der Waals surface area contributed by atoms with Gasteiger partial charge < -0.3 is 10.0 Å². The molecule has 0 atom stereocenters. The highest BCUT2D eigenvalue weighted by atomic mass is 16.4. The average molecular weight is 313 g/mol. The Bertz CT molecular complexity index is 754. The van der Waals surface area contributed by atoms with E-state index >= 15 is 0 Å². The molecule has 6 nitrogen and oxygen atoms in total. The van der Waals surface area contributed by atoms with Crippen LogP contribution in [0.25, 0.3) is 11.0 Å². The van der Waals surface area contributed by atoms with Gasteiger partial charge in [-0.15, -0.1) is 0 Å². The van der Waals surface area contributed by atoms with Gasteiger partial charge in [-0.1, -0.05) is 19.3 Å². The maximum absolute atomic E-state index is 12.8. The SMILES string of the molecule is CN(C(=O)c1ccc2nccnc2c1)C1(C(=O)O)CCCCC1. The molecular weight excluding hydrogens is 294 g/mol. The largest absolute Gasteiger partial charge is 0.479 e. The third-order valence-electron chi connectivity index (χ3n) is 4.74. The Morgan fingerprint density at radius 3 is 2.39 bits per heavy atom. The number of aromatic nitrogens is 2. The molecule has 1 aromatic heterocycles.